The molecule has 6 heteroatoms. The van der Waals surface area contributed by atoms with E-state index in [0.29, 0.717) is 11.2 Å². The SMILES string of the molecule is CCSCc1c(C=NC(C)(C)C)n(S(=O)(=O)c2ccccc2)c2ccccc12. The van der Waals surface area contributed by atoms with Gasteiger partial charge >= 0.3 is 0 Å². The fourth-order valence-electron chi connectivity index (χ4n) is 2.99. The van der Waals surface area contributed by atoms with E-state index in [9.17, 15) is 8.42 Å². The number of para-hydroxylation sites is 1. The molecule has 0 spiro atoms. The summed E-state index contributed by atoms with van der Waals surface area (Å²) < 4.78 is 28.6. The zero-order chi connectivity index (χ0) is 20.4. The first-order valence-corrected chi connectivity index (χ1v) is 11.9. The summed E-state index contributed by atoms with van der Waals surface area (Å²) in [4.78, 5) is 4.91. The zero-order valence-electron chi connectivity index (χ0n) is 16.7. The Morgan fingerprint density at radius 1 is 1.04 bits per heavy atom. The number of thioether (sulfide) groups is 1. The van der Waals surface area contributed by atoms with Crippen LogP contribution in [-0.4, -0.2) is 29.9 Å². The Labute approximate surface area is 171 Å². The molecule has 3 rings (SSSR count). The van der Waals surface area contributed by atoms with Crippen LogP contribution in [-0.2, 0) is 15.8 Å². The van der Waals surface area contributed by atoms with Crippen molar-refractivity contribution in [3.8, 4) is 0 Å². The molecule has 148 valence electrons. The summed E-state index contributed by atoms with van der Waals surface area (Å²) in [5, 5.41) is 0.957. The van der Waals surface area contributed by atoms with Gasteiger partial charge in [0.05, 0.1) is 21.6 Å². The van der Waals surface area contributed by atoms with Gasteiger partial charge in [0.2, 0.25) is 0 Å². The van der Waals surface area contributed by atoms with Crippen LogP contribution >= 0.6 is 11.8 Å². The van der Waals surface area contributed by atoms with E-state index in [1.54, 1.807) is 42.2 Å². The second kappa shape index (κ2) is 8.13. The van der Waals surface area contributed by atoms with Crippen LogP contribution in [0.25, 0.3) is 10.9 Å². The van der Waals surface area contributed by atoms with E-state index in [0.717, 1.165) is 22.5 Å². The van der Waals surface area contributed by atoms with Crippen LogP contribution in [0.2, 0.25) is 0 Å². The van der Waals surface area contributed by atoms with E-state index in [2.05, 4.69) is 11.9 Å². The highest BCUT2D eigenvalue weighted by molar-refractivity contribution is 7.98. The van der Waals surface area contributed by atoms with Crippen molar-refractivity contribution in [2.24, 2.45) is 4.99 Å². The van der Waals surface area contributed by atoms with Gasteiger partial charge in [0.25, 0.3) is 10.0 Å². The average molecular weight is 415 g/mol. The van der Waals surface area contributed by atoms with Crippen molar-refractivity contribution < 1.29 is 8.42 Å². The minimum Gasteiger partial charge on any atom is -0.285 e. The van der Waals surface area contributed by atoms with Crippen LogP contribution in [0.15, 0.2) is 64.5 Å². The molecule has 28 heavy (non-hydrogen) atoms. The predicted octanol–water partition coefficient (Wildman–Crippen LogP) is 5.35. The molecule has 0 atom stereocenters. The molecule has 0 aliphatic rings. The highest BCUT2D eigenvalue weighted by Crippen LogP contribution is 2.32. The van der Waals surface area contributed by atoms with Gasteiger partial charge in [-0.2, -0.15) is 11.8 Å². The van der Waals surface area contributed by atoms with Gasteiger partial charge in [-0.15, -0.1) is 0 Å². The third-order valence-corrected chi connectivity index (χ3v) is 6.93. The molecule has 2 aromatic carbocycles. The Kier molecular flexibility index (Phi) is 6.01. The van der Waals surface area contributed by atoms with Gasteiger partial charge in [-0.05, 0) is 50.3 Å². The number of fused-ring (bicyclic) bond motifs is 1. The lowest BCUT2D eigenvalue weighted by atomic mass is 10.1. The Morgan fingerprint density at radius 2 is 1.68 bits per heavy atom. The Hall–Kier alpha value is -2.05. The number of aromatic nitrogens is 1. The summed E-state index contributed by atoms with van der Waals surface area (Å²) in [6.07, 6.45) is 1.73. The van der Waals surface area contributed by atoms with Gasteiger partial charge in [0.1, 0.15) is 0 Å². The number of hydrogen-bond donors (Lipinski definition) is 0. The summed E-state index contributed by atoms with van der Waals surface area (Å²) in [5.41, 5.74) is 2.04. The zero-order valence-corrected chi connectivity index (χ0v) is 18.3. The van der Waals surface area contributed by atoms with Crippen LogP contribution in [0.1, 0.15) is 39.0 Å². The van der Waals surface area contributed by atoms with Gasteiger partial charge in [-0.25, -0.2) is 12.4 Å². The van der Waals surface area contributed by atoms with Crippen LogP contribution in [0.4, 0.5) is 0 Å². The summed E-state index contributed by atoms with van der Waals surface area (Å²) in [5.74, 6) is 1.70. The molecule has 1 heterocycles. The fourth-order valence-corrected chi connectivity index (χ4v) is 5.25. The Balaban J connectivity index is 2.36. The van der Waals surface area contributed by atoms with E-state index < -0.39 is 10.0 Å². The van der Waals surface area contributed by atoms with E-state index in [-0.39, 0.29) is 10.4 Å². The van der Waals surface area contributed by atoms with E-state index in [1.165, 1.54) is 3.97 Å². The number of rotatable bonds is 6. The normalized spacial score (nSPS) is 12.9. The van der Waals surface area contributed by atoms with Crippen molar-refractivity contribution >= 4 is 38.9 Å². The van der Waals surface area contributed by atoms with Crippen molar-refractivity contribution in [1.29, 1.82) is 0 Å². The third-order valence-electron chi connectivity index (χ3n) is 4.28. The largest absolute Gasteiger partial charge is 0.285 e. The Bertz CT molecular complexity index is 1090. The molecular weight excluding hydrogens is 388 g/mol. The van der Waals surface area contributed by atoms with Crippen molar-refractivity contribution in [3.05, 3.63) is 65.9 Å². The van der Waals surface area contributed by atoms with Crippen LogP contribution in [0.5, 0.6) is 0 Å². The molecule has 0 fully saturated rings. The molecule has 3 aromatic rings. The summed E-state index contributed by atoms with van der Waals surface area (Å²) in [7, 11) is -3.75. The predicted molar refractivity (Wildman–Crippen MR) is 120 cm³/mol. The molecule has 0 unspecified atom stereocenters. The topological polar surface area (TPSA) is 51.4 Å². The molecule has 0 amide bonds. The number of benzene rings is 2. The fraction of sp³-hybridized carbons (Fsp3) is 0.318. The minimum absolute atomic E-state index is 0.274. The molecular formula is C22H26N2O2S2. The quantitative estimate of drug-likeness (QED) is 0.511. The minimum atomic E-state index is -3.75. The van der Waals surface area contributed by atoms with Gasteiger partial charge in [0, 0.05) is 17.4 Å². The molecule has 0 N–H and O–H groups in total. The van der Waals surface area contributed by atoms with Gasteiger partial charge in [-0.1, -0.05) is 43.3 Å². The van der Waals surface area contributed by atoms with Crippen molar-refractivity contribution in [3.63, 3.8) is 0 Å². The van der Waals surface area contributed by atoms with Crippen molar-refractivity contribution in [2.45, 2.75) is 43.9 Å². The summed E-state index contributed by atoms with van der Waals surface area (Å²) in [6, 6.07) is 16.3. The first kappa shape index (κ1) is 20.7. The monoisotopic (exact) mass is 414 g/mol. The van der Waals surface area contributed by atoms with E-state index in [4.69, 9.17) is 0 Å². The van der Waals surface area contributed by atoms with Crippen LogP contribution in [0.3, 0.4) is 0 Å². The molecule has 1 aromatic heterocycles. The molecule has 0 saturated heterocycles. The second-order valence-electron chi connectivity index (χ2n) is 7.53. The van der Waals surface area contributed by atoms with Crippen LogP contribution in [0, 0.1) is 0 Å². The molecule has 0 saturated carbocycles. The highest BCUT2D eigenvalue weighted by atomic mass is 32.2. The number of aliphatic imine (C=N–C) groups is 1. The first-order chi connectivity index (χ1) is 13.3. The van der Waals surface area contributed by atoms with Gasteiger partial charge in [-0.3, -0.25) is 4.99 Å². The number of hydrogen-bond acceptors (Lipinski definition) is 4. The van der Waals surface area contributed by atoms with Crippen molar-refractivity contribution in [2.75, 3.05) is 5.75 Å². The molecule has 0 aliphatic heterocycles. The van der Waals surface area contributed by atoms with Gasteiger partial charge in [0.15, 0.2) is 0 Å². The molecule has 0 aliphatic carbocycles. The summed E-state index contributed by atoms with van der Waals surface area (Å²) >= 11 is 1.77. The standard InChI is InChI=1S/C22H26N2O2S2/c1-5-27-16-19-18-13-9-10-14-20(18)24(21(19)15-23-22(2,3)4)28(25,26)17-11-7-6-8-12-17/h6-15H,5,16H2,1-4H3. The maximum atomic E-state index is 13.6. The van der Waals surface area contributed by atoms with E-state index >= 15 is 0 Å². The van der Waals surface area contributed by atoms with Crippen molar-refractivity contribution in [1.82, 2.24) is 3.97 Å². The van der Waals surface area contributed by atoms with E-state index in [1.807, 2.05) is 51.1 Å². The lowest BCUT2D eigenvalue weighted by Crippen LogP contribution is -2.17. The second-order valence-corrected chi connectivity index (χ2v) is 10.6. The summed E-state index contributed by atoms with van der Waals surface area (Å²) in [6.45, 7) is 8.11. The first-order valence-electron chi connectivity index (χ1n) is 9.31. The highest BCUT2D eigenvalue weighted by Gasteiger charge is 2.26. The van der Waals surface area contributed by atoms with Crippen LogP contribution < -0.4 is 0 Å². The third kappa shape index (κ3) is 4.18. The molecule has 0 radical (unpaired) electrons. The Morgan fingerprint density at radius 3 is 2.32 bits per heavy atom. The smallest absolute Gasteiger partial charge is 0.268 e. The lowest BCUT2D eigenvalue weighted by Gasteiger charge is -2.14. The van der Waals surface area contributed by atoms with Gasteiger partial charge < -0.3 is 0 Å². The maximum absolute atomic E-state index is 13.6. The molecule has 4 nitrogen and oxygen atoms in total. The molecule has 0 bridgehead atoms. The lowest BCUT2D eigenvalue weighted by molar-refractivity contribution is 0.583. The number of nitrogens with zero attached hydrogens (tertiary/aromatic N) is 2. The average Bonchev–Trinajstić information content (AvgIpc) is 2.99. The maximum Gasteiger partial charge on any atom is 0.268 e.